The number of benzene rings is 1. The predicted octanol–water partition coefficient (Wildman–Crippen LogP) is 3.31. The number of halogens is 2. The van der Waals surface area contributed by atoms with E-state index in [-0.39, 0.29) is 54.9 Å². The highest BCUT2D eigenvalue weighted by Gasteiger charge is 2.40. The van der Waals surface area contributed by atoms with Crippen LogP contribution in [0.5, 0.6) is 0 Å². The van der Waals surface area contributed by atoms with Crippen LogP contribution in [0.2, 0.25) is 0 Å². The molecule has 3 rings (SSSR count). The van der Waals surface area contributed by atoms with Crippen LogP contribution in [0.1, 0.15) is 63.9 Å². The molecule has 166 valence electrons. The highest BCUT2D eigenvalue weighted by atomic mass is 19.3. The van der Waals surface area contributed by atoms with Crippen molar-refractivity contribution in [2.75, 3.05) is 6.54 Å². The molecule has 0 bridgehead atoms. The Morgan fingerprint density at radius 2 is 1.67 bits per heavy atom. The van der Waals surface area contributed by atoms with Crippen LogP contribution in [0.15, 0.2) is 30.3 Å². The van der Waals surface area contributed by atoms with Crippen molar-refractivity contribution in [1.82, 2.24) is 10.6 Å². The van der Waals surface area contributed by atoms with Gasteiger partial charge in [0.2, 0.25) is 17.7 Å². The maximum Gasteiger partial charge on any atom is 0.248 e. The highest BCUT2D eigenvalue weighted by molar-refractivity contribution is 5.78. The van der Waals surface area contributed by atoms with E-state index in [0.29, 0.717) is 32.2 Å². The maximum absolute atomic E-state index is 13.4. The average Bonchev–Trinajstić information content (AvgIpc) is 2.87. The van der Waals surface area contributed by atoms with Gasteiger partial charge < -0.3 is 15.7 Å². The largest absolute Gasteiger partial charge is 0.391 e. The molecule has 0 spiro atoms. The lowest BCUT2D eigenvalue weighted by atomic mass is 9.74. The van der Waals surface area contributed by atoms with Crippen molar-refractivity contribution >= 4 is 11.8 Å². The fraction of sp³-hybridized carbons (Fsp3) is 0.652. The number of nitrogens with one attached hydrogen (secondary N) is 2. The summed E-state index contributed by atoms with van der Waals surface area (Å²) in [6, 6.07) is 9.58. The molecule has 30 heavy (non-hydrogen) atoms. The number of alkyl halides is 2. The Morgan fingerprint density at radius 3 is 2.30 bits per heavy atom. The molecule has 0 heterocycles. The van der Waals surface area contributed by atoms with Crippen LogP contribution in [0.4, 0.5) is 8.78 Å². The summed E-state index contributed by atoms with van der Waals surface area (Å²) in [6.45, 7) is 1.83. The van der Waals surface area contributed by atoms with Gasteiger partial charge in [0.15, 0.2) is 0 Å². The summed E-state index contributed by atoms with van der Waals surface area (Å²) < 4.78 is 26.8. The molecule has 3 N–H and O–H groups in total. The molecule has 2 aliphatic carbocycles. The van der Waals surface area contributed by atoms with E-state index in [1.54, 1.807) is 0 Å². The van der Waals surface area contributed by atoms with Crippen molar-refractivity contribution in [3.8, 4) is 0 Å². The van der Waals surface area contributed by atoms with Crippen molar-refractivity contribution in [2.45, 2.75) is 81.8 Å². The van der Waals surface area contributed by atoms with Gasteiger partial charge in [-0.05, 0) is 44.1 Å². The van der Waals surface area contributed by atoms with Crippen LogP contribution >= 0.6 is 0 Å². The summed E-state index contributed by atoms with van der Waals surface area (Å²) in [6.07, 6.45) is 1.77. The Hall–Kier alpha value is -2.02. The molecule has 2 saturated carbocycles. The van der Waals surface area contributed by atoms with E-state index in [0.717, 1.165) is 5.56 Å². The topological polar surface area (TPSA) is 78.4 Å². The van der Waals surface area contributed by atoms with Crippen molar-refractivity contribution in [3.63, 3.8) is 0 Å². The first-order valence-corrected chi connectivity index (χ1v) is 10.9. The van der Waals surface area contributed by atoms with E-state index in [9.17, 15) is 23.5 Å². The monoisotopic (exact) mass is 422 g/mol. The summed E-state index contributed by atoms with van der Waals surface area (Å²) in [5.74, 6) is -3.36. The standard InChI is InChI=1S/C23H32F2N2O3/c1-16(28)27-19-9-11-22(12-10-20(19)29,18-5-3-2-4-6-18)15-26-21(30)17-7-13-23(24,25)14-8-17/h2-6,17,19-20,29H,7-15H2,1H3,(H,26,30)(H,27,28)/t19-,20-,22-/m0/s1. The van der Waals surface area contributed by atoms with E-state index in [1.165, 1.54) is 6.92 Å². The smallest absolute Gasteiger partial charge is 0.248 e. The van der Waals surface area contributed by atoms with Gasteiger partial charge in [-0.1, -0.05) is 30.3 Å². The van der Waals surface area contributed by atoms with Gasteiger partial charge in [-0.3, -0.25) is 9.59 Å². The molecule has 7 heteroatoms. The minimum atomic E-state index is -2.65. The molecule has 2 amide bonds. The molecule has 2 fully saturated rings. The lowest BCUT2D eigenvalue weighted by Gasteiger charge is -2.35. The van der Waals surface area contributed by atoms with Crippen LogP contribution in [-0.4, -0.2) is 41.5 Å². The third-order valence-electron chi connectivity index (χ3n) is 6.78. The highest BCUT2D eigenvalue weighted by Crippen LogP contribution is 2.39. The van der Waals surface area contributed by atoms with Crippen LogP contribution < -0.4 is 10.6 Å². The van der Waals surface area contributed by atoms with Gasteiger partial charge in [0.1, 0.15) is 0 Å². The zero-order valence-corrected chi connectivity index (χ0v) is 17.5. The van der Waals surface area contributed by atoms with Crippen LogP contribution in [0.25, 0.3) is 0 Å². The van der Waals surface area contributed by atoms with Gasteiger partial charge >= 0.3 is 0 Å². The Bertz CT molecular complexity index is 733. The minimum absolute atomic E-state index is 0.163. The number of carbonyl (C=O) groups is 2. The van der Waals surface area contributed by atoms with Gasteiger partial charge in [0, 0.05) is 37.6 Å². The van der Waals surface area contributed by atoms with Crippen LogP contribution in [-0.2, 0) is 15.0 Å². The number of rotatable bonds is 5. The second-order valence-corrected chi connectivity index (χ2v) is 8.95. The molecule has 0 radical (unpaired) electrons. The Balaban J connectivity index is 1.72. The normalized spacial score (nSPS) is 29.6. The van der Waals surface area contributed by atoms with Crippen molar-refractivity contribution < 1.29 is 23.5 Å². The van der Waals surface area contributed by atoms with E-state index in [2.05, 4.69) is 10.6 Å². The zero-order valence-electron chi connectivity index (χ0n) is 17.5. The lowest BCUT2D eigenvalue weighted by Crippen LogP contribution is -2.44. The summed E-state index contributed by atoms with van der Waals surface area (Å²) in [7, 11) is 0. The Labute approximate surface area is 176 Å². The van der Waals surface area contributed by atoms with Crippen LogP contribution in [0.3, 0.4) is 0 Å². The number of hydrogen-bond donors (Lipinski definition) is 3. The second-order valence-electron chi connectivity index (χ2n) is 8.95. The molecular weight excluding hydrogens is 390 g/mol. The first kappa shape index (κ1) is 22.7. The fourth-order valence-corrected chi connectivity index (χ4v) is 4.87. The molecular formula is C23H32F2N2O3. The minimum Gasteiger partial charge on any atom is -0.391 e. The number of amides is 2. The summed E-state index contributed by atoms with van der Waals surface area (Å²) in [5, 5.41) is 16.4. The maximum atomic E-state index is 13.4. The predicted molar refractivity (Wildman–Crippen MR) is 110 cm³/mol. The van der Waals surface area contributed by atoms with Gasteiger partial charge in [-0.15, -0.1) is 0 Å². The second kappa shape index (κ2) is 9.41. The van der Waals surface area contributed by atoms with Crippen molar-refractivity contribution in [2.24, 2.45) is 5.92 Å². The zero-order chi connectivity index (χ0) is 21.8. The fourth-order valence-electron chi connectivity index (χ4n) is 4.87. The molecule has 5 nitrogen and oxygen atoms in total. The molecule has 0 unspecified atom stereocenters. The third-order valence-corrected chi connectivity index (χ3v) is 6.78. The van der Waals surface area contributed by atoms with E-state index >= 15 is 0 Å². The molecule has 1 aromatic rings. The molecule has 1 aromatic carbocycles. The van der Waals surface area contributed by atoms with Gasteiger partial charge in [-0.25, -0.2) is 8.78 Å². The van der Waals surface area contributed by atoms with Gasteiger partial charge in [0.25, 0.3) is 0 Å². The van der Waals surface area contributed by atoms with Crippen molar-refractivity contribution in [3.05, 3.63) is 35.9 Å². The summed E-state index contributed by atoms with van der Waals surface area (Å²) >= 11 is 0. The molecule has 0 saturated heterocycles. The quantitative estimate of drug-likeness (QED) is 0.637. The molecule has 3 atom stereocenters. The number of hydrogen-bond acceptors (Lipinski definition) is 3. The number of aliphatic hydroxyl groups excluding tert-OH is 1. The summed E-state index contributed by atoms with van der Waals surface area (Å²) in [5.41, 5.74) is 0.708. The van der Waals surface area contributed by atoms with Gasteiger partial charge in [0.05, 0.1) is 12.1 Å². The molecule has 0 aliphatic heterocycles. The average molecular weight is 423 g/mol. The molecule has 2 aliphatic rings. The Kier molecular flexibility index (Phi) is 7.11. The lowest BCUT2D eigenvalue weighted by molar-refractivity contribution is -0.129. The van der Waals surface area contributed by atoms with Crippen LogP contribution in [0, 0.1) is 5.92 Å². The Morgan fingerprint density at radius 1 is 1.03 bits per heavy atom. The van der Waals surface area contributed by atoms with Gasteiger partial charge in [-0.2, -0.15) is 0 Å². The first-order chi connectivity index (χ1) is 14.2. The number of aliphatic hydroxyl groups is 1. The van der Waals surface area contributed by atoms with E-state index in [4.69, 9.17) is 0 Å². The number of carbonyl (C=O) groups excluding carboxylic acids is 2. The SMILES string of the molecule is CC(=O)N[C@H]1CC[C@](CNC(=O)C2CCC(F)(F)CC2)(c2ccccc2)CC[C@@H]1O. The summed E-state index contributed by atoms with van der Waals surface area (Å²) in [4.78, 5) is 24.2. The first-order valence-electron chi connectivity index (χ1n) is 10.9. The van der Waals surface area contributed by atoms with E-state index < -0.39 is 12.0 Å². The van der Waals surface area contributed by atoms with E-state index in [1.807, 2.05) is 30.3 Å². The molecule has 0 aromatic heterocycles. The third kappa shape index (κ3) is 5.56. The van der Waals surface area contributed by atoms with Crippen molar-refractivity contribution in [1.29, 1.82) is 0 Å².